The molecule has 0 spiro atoms. The fraction of sp³-hybridized carbons (Fsp3) is 0.526. The topological polar surface area (TPSA) is 56.9 Å². The Morgan fingerprint density at radius 2 is 2.22 bits per heavy atom. The Hall–Kier alpha value is -1.81. The molecule has 2 aliphatic rings. The molecule has 1 aromatic heterocycles. The third-order valence-corrected chi connectivity index (χ3v) is 5.85. The van der Waals surface area contributed by atoms with Gasteiger partial charge < -0.3 is 15.6 Å². The van der Waals surface area contributed by atoms with Crippen LogP contribution in [-0.2, 0) is 11.2 Å². The van der Waals surface area contributed by atoms with Gasteiger partial charge in [-0.15, -0.1) is 0 Å². The van der Waals surface area contributed by atoms with Crippen molar-refractivity contribution in [2.45, 2.75) is 32.1 Å². The van der Waals surface area contributed by atoms with Crippen molar-refractivity contribution in [1.29, 1.82) is 0 Å². The number of aromatic amines is 1. The first-order chi connectivity index (χ1) is 11.3. The summed E-state index contributed by atoms with van der Waals surface area (Å²) < 4.78 is 0. The van der Waals surface area contributed by atoms with Crippen molar-refractivity contribution in [2.24, 2.45) is 11.3 Å². The van der Waals surface area contributed by atoms with Crippen molar-refractivity contribution in [3.63, 3.8) is 0 Å². The number of hydrogen-bond donors (Lipinski definition) is 3. The molecular weight excluding hydrogens is 286 g/mol. The first-order valence-electron chi connectivity index (χ1n) is 8.84. The third kappa shape index (κ3) is 2.55. The Kier molecular flexibility index (Phi) is 3.85. The second-order valence-electron chi connectivity index (χ2n) is 7.10. The number of fused-ring (bicyclic) bond motifs is 2. The molecule has 0 unspecified atom stereocenters. The van der Waals surface area contributed by atoms with Gasteiger partial charge in [0.2, 0.25) is 5.91 Å². The van der Waals surface area contributed by atoms with Crippen LogP contribution in [0.25, 0.3) is 10.9 Å². The highest BCUT2D eigenvalue weighted by atomic mass is 16.2. The predicted octanol–water partition coefficient (Wildman–Crippen LogP) is 2.61. The van der Waals surface area contributed by atoms with Crippen LogP contribution in [0.15, 0.2) is 30.5 Å². The van der Waals surface area contributed by atoms with Gasteiger partial charge in [0.05, 0.1) is 5.41 Å². The SMILES string of the molecule is O=C(NCCc1c[nH]c2ccccc12)[C@@]12CCCC[C@H]1CNC2. The van der Waals surface area contributed by atoms with Gasteiger partial charge in [0.1, 0.15) is 0 Å². The Balaban J connectivity index is 1.40. The summed E-state index contributed by atoms with van der Waals surface area (Å²) in [5, 5.41) is 7.94. The number of carbonyl (C=O) groups is 1. The highest BCUT2D eigenvalue weighted by molar-refractivity contribution is 5.85. The number of amides is 1. The van der Waals surface area contributed by atoms with Crippen molar-refractivity contribution in [3.05, 3.63) is 36.0 Å². The van der Waals surface area contributed by atoms with Gasteiger partial charge in [-0.1, -0.05) is 31.0 Å². The molecule has 0 bridgehead atoms. The number of H-pyrrole nitrogens is 1. The Morgan fingerprint density at radius 3 is 3.17 bits per heavy atom. The summed E-state index contributed by atoms with van der Waals surface area (Å²) in [5.41, 5.74) is 2.31. The van der Waals surface area contributed by atoms with Crippen LogP contribution in [0.5, 0.6) is 0 Å². The maximum atomic E-state index is 12.8. The number of rotatable bonds is 4. The van der Waals surface area contributed by atoms with Crippen LogP contribution >= 0.6 is 0 Å². The maximum absolute atomic E-state index is 12.8. The number of nitrogens with one attached hydrogen (secondary N) is 3. The minimum atomic E-state index is -0.140. The van der Waals surface area contributed by atoms with Crippen LogP contribution in [0.2, 0.25) is 0 Å². The van der Waals surface area contributed by atoms with Crippen LogP contribution in [0, 0.1) is 11.3 Å². The van der Waals surface area contributed by atoms with E-state index in [1.165, 1.54) is 35.7 Å². The normalized spacial score (nSPS) is 27.0. The van der Waals surface area contributed by atoms with E-state index in [1.54, 1.807) is 0 Å². The van der Waals surface area contributed by atoms with Crippen LogP contribution in [0.4, 0.5) is 0 Å². The molecule has 0 radical (unpaired) electrons. The Bertz CT molecular complexity index is 707. The summed E-state index contributed by atoms with van der Waals surface area (Å²) in [5.74, 6) is 0.802. The molecule has 1 aliphatic heterocycles. The summed E-state index contributed by atoms with van der Waals surface area (Å²) in [6.45, 7) is 2.58. The average molecular weight is 311 g/mol. The van der Waals surface area contributed by atoms with Gasteiger partial charge in [-0.05, 0) is 43.4 Å². The third-order valence-electron chi connectivity index (χ3n) is 5.85. The monoisotopic (exact) mass is 311 g/mol. The van der Waals surface area contributed by atoms with Gasteiger partial charge >= 0.3 is 0 Å². The van der Waals surface area contributed by atoms with Crippen molar-refractivity contribution in [3.8, 4) is 0 Å². The molecule has 1 saturated heterocycles. The molecule has 3 N–H and O–H groups in total. The number of para-hydroxylation sites is 1. The molecule has 2 heterocycles. The quantitative estimate of drug-likeness (QED) is 0.813. The zero-order chi connectivity index (χ0) is 15.7. The zero-order valence-electron chi connectivity index (χ0n) is 13.5. The predicted molar refractivity (Wildman–Crippen MR) is 92.3 cm³/mol. The van der Waals surface area contributed by atoms with Crippen molar-refractivity contribution < 1.29 is 4.79 Å². The minimum Gasteiger partial charge on any atom is -0.361 e. The van der Waals surface area contributed by atoms with Crippen molar-refractivity contribution >= 4 is 16.8 Å². The molecule has 4 rings (SSSR count). The molecule has 4 heteroatoms. The smallest absolute Gasteiger partial charge is 0.227 e. The first kappa shape index (κ1) is 14.8. The molecule has 4 nitrogen and oxygen atoms in total. The second kappa shape index (κ2) is 6.00. The lowest BCUT2D eigenvalue weighted by molar-refractivity contribution is -0.133. The summed E-state index contributed by atoms with van der Waals surface area (Å²) in [4.78, 5) is 16.1. The molecule has 122 valence electrons. The molecule has 2 aromatic rings. The lowest BCUT2D eigenvalue weighted by Gasteiger charge is -2.37. The lowest BCUT2D eigenvalue weighted by atomic mass is 9.67. The lowest BCUT2D eigenvalue weighted by Crippen LogP contribution is -2.48. The van der Waals surface area contributed by atoms with Crippen LogP contribution in [0.3, 0.4) is 0 Å². The van der Waals surface area contributed by atoms with Gasteiger partial charge in [-0.3, -0.25) is 4.79 Å². The summed E-state index contributed by atoms with van der Waals surface area (Å²) >= 11 is 0. The van der Waals surface area contributed by atoms with E-state index in [1.807, 2.05) is 6.07 Å². The fourth-order valence-electron chi connectivity index (χ4n) is 4.52. The molecule has 23 heavy (non-hydrogen) atoms. The highest BCUT2D eigenvalue weighted by Crippen LogP contribution is 2.43. The molecule has 1 amide bonds. The number of benzene rings is 1. The van der Waals surface area contributed by atoms with Crippen molar-refractivity contribution in [1.82, 2.24) is 15.6 Å². The largest absolute Gasteiger partial charge is 0.361 e. The molecule has 2 atom stereocenters. The number of aromatic nitrogens is 1. The molecule has 1 aromatic carbocycles. The average Bonchev–Trinajstić information content (AvgIpc) is 3.20. The highest BCUT2D eigenvalue weighted by Gasteiger charge is 2.49. The van der Waals surface area contributed by atoms with Crippen LogP contribution < -0.4 is 10.6 Å². The summed E-state index contributed by atoms with van der Waals surface area (Å²) in [6.07, 6.45) is 7.65. The number of hydrogen-bond acceptors (Lipinski definition) is 2. The van der Waals surface area contributed by atoms with E-state index in [4.69, 9.17) is 0 Å². The van der Waals surface area contributed by atoms with Gasteiger partial charge in [-0.25, -0.2) is 0 Å². The van der Waals surface area contributed by atoms with Crippen molar-refractivity contribution in [2.75, 3.05) is 19.6 Å². The van der Waals surface area contributed by atoms with Crippen LogP contribution in [-0.4, -0.2) is 30.5 Å². The Labute approximate surface area is 137 Å². The zero-order valence-corrected chi connectivity index (χ0v) is 13.5. The summed E-state index contributed by atoms with van der Waals surface area (Å²) in [7, 11) is 0. The molecule has 1 saturated carbocycles. The molecule has 2 fully saturated rings. The number of carbonyl (C=O) groups excluding carboxylic acids is 1. The van der Waals surface area contributed by atoms with Gasteiger partial charge in [0.15, 0.2) is 0 Å². The van der Waals surface area contributed by atoms with E-state index < -0.39 is 0 Å². The van der Waals surface area contributed by atoms with E-state index in [2.05, 4.69) is 40.0 Å². The van der Waals surface area contributed by atoms with Crippen LogP contribution in [0.1, 0.15) is 31.2 Å². The van der Waals surface area contributed by atoms with E-state index in [0.29, 0.717) is 5.92 Å². The maximum Gasteiger partial charge on any atom is 0.227 e. The van der Waals surface area contributed by atoms with E-state index in [9.17, 15) is 4.79 Å². The van der Waals surface area contributed by atoms with Gasteiger partial charge in [0.25, 0.3) is 0 Å². The Morgan fingerprint density at radius 1 is 1.30 bits per heavy atom. The van der Waals surface area contributed by atoms with E-state index >= 15 is 0 Å². The molecule has 1 aliphatic carbocycles. The van der Waals surface area contributed by atoms with Gasteiger partial charge in [-0.2, -0.15) is 0 Å². The van der Waals surface area contributed by atoms with E-state index in [0.717, 1.165) is 32.5 Å². The minimum absolute atomic E-state index is 0.140. The van der Waals surface area contributed by atoms with E-state index in [-0.39, 0.29) is 11.3 Å². The molecular formula is C19H25N3O. The summed E-state index contributed by atoms with van der Waals surface area (Å²) in [6, 6.07) is 8.33. The fourth-order valence-corrected chi connectivity index (χ4v) is 4.52. The first-order valence-corrected chi connectivity index (χ1v) is 8.84. The van der Waals surface area contributed by atoms with Gasteiger partial charge in [0, 0.05) is 30.2 Å². The standard InChI is InChI=1S/C19H25N3O/c23-18(19-9-4-3-5-15(19)12-20-13-19)21-10-8-14-11-22-17-7-2-1-6-16(14)17/h1-2,6-7,11,15,20,22H,3-5,8-10,12-13H2,(H,21,23)/t15-,19+/m0/s1. The second-order valence-corrected chi connectivity index (χ2v) is 7.10.